The number of benzene rings is 1. The van der Waals surface area contributed by atoms with Crippen molar-refractivity contribution in [2.24, 2.45) is 0 Å². The molecular weight excluding hydrogens is 449 g/mol. The largest absolute Gasteiger partial charge is 0.481 e. The lowest BCUT2D eigenvalue weighted by Gasteiger charge is -2.25. The van der Waals surface area contributed by atoms with Gasteiger partial charge >= 0.3 is 5.97 Å². The standard InChI is InChI=1S/C24H28FNO6S/c1-14(2)24-19(8-7-17(27)11-18(28)12-22(29)30)23(15-3-5-16(25)6-4-15)20-13-33(31,32)10-9-21(20)26-24/h3-8,14,17-18,27-28H,9-13H2,1-2H3,(H,29,30)/b8-7+/t17-,18-/m1/s1. The van der Waals surface area contributed by atoms with Crippen molar-refractivity contribution in [1.29, 1.82) is 0 Å². The number of sulfone groups is 1. The maximum Gasteiger partial charge on any atom is 0.305 e. The number of carbonyl (C=O) groups is 1. The van der Waals surface area contributed by atoms with E-state index in [1.165, 1.54) is 18.2 Å². The molecule has 7 nitrogen and oxygen atoms in total. The average molecular weight is 478 g/mol. The molecule has 0 amide bonds. The molecule has 1 aliphatic rings. The van der Waals surface area contributed by atoms with Crippen molar-refractivity contribution in [3.63, 3.8) is 0 Å². The second-order valence-corrected chi connectivity index (χ2v) is 10.8. The summed E-state index contributed by atoms with van der Waals surface area (Å²) in [5, 5.41) is 28.9. The maximum absolute atomic E-state index is 13.6. The van der Waals surface area contributed by atoms with Crippen LogP contribution in [-0.2, 0) is 26.8 Å². The lowest BCUT2D eigenvalue weighted by molar-refractivity contribution is -0.139. The Kier molecular flexibility index (Phi) is 7.66. The Labute approximate surface area is 192 Å². The number of nitrogens with zero attached hydrogens (tertiary/aromatic N) is 1. The van der Waals surface area contributed by atoms with E-state index in [0.717, 1.165) is 0 Å². The summed E-state index contributed by atoms with van der Waals surface area (Å²) in [6.07, 6.45) is 0.361. The first-order valence-electron chi connectivity index (χ1n) is 10.7. The van der Waals surface area contributed by atoms with Crippen LogP contribution in [0.15, 0.2) is 30.3 Å². The van der Waals surface area contributed by atoms with Crippen molar-refractivity contribution >= 4 is 21.9 Å². The zero-order valence-electron chi connectivity index (χ0n) is 18.5. The highest BCUT2D eigenvalue weighted by Gasteiger charge is 2.29. The van der Waals surface area contributed by atoms with Crippen LogP contribution in [0.1, 0.15) is 55.1 Å². The zero-order chi connectivity index (χ0) is 24.3. The quantitative estimate of drug-likeness (QED) is 0.534. The predicted molar refractivity (Wildman–Crippen MR) is 123 cm³/mol. The number of halogens is 1. The van der Waals surface area contributed by atoms with Gasteiger partial charge in [0, 0.05) is 24.1 Å². The first-order chi connectivity index (χ1) is 15.5. The Morgan fingerprint density at radius 1 is 1.21 bits per heavy atom. The molecule has 3 rings (SSSR count). The first-order valence-corrected chi connectivity index (χ1v) is 12.6. The van der Waals surface area contributed by atoms with Gasteiger partial charge in [0.1, 0.15) is 5.82 Å². The normalized spacial score (nSPS) is 17.2. The fourth-order valence-electron chi connectivity index (χ4n) is 4.02. The van der Waals surface area contributed by atoms with E-state index in [1.54, 1.807) is 18.2 Å². The van der Waals surface area contributed by atoms with Crippen molar-refractivity contribution in [3.8, 4) is 11.1 Å². The Morgan fingerprint density at radius 2 is 1.88 bits per heavy atom. The molecule has 0 fully saturated rings. The summed E-state index contributed by atoms with van der Waals surface area (Å²) < 4.78 is 38.5. The predicted octanol–water partition coefficient (Wildman–Crippen LogP) is 3.08. The molecule has 0 saturated carbocycles. The van der Waals surface area contributed by atoms with Crippen molar-refractivity contribution in [2.75, 3.05) is 5.75 Å². The minimum Gasteiger partial charge on any atom is -0.481 e. The van der Waals surface area contributed by atoms with E-state index in [9.17, 15) is 27.8 Å². The maximum atomic E-state index is 13.6. The van der Waals surface area contributed by atoms with E-state index >= 15 is 0 Å². The van der Waals surface area contributed by atoms with Gasteiger partial charge in [-0.25, -0.2) is 12.8 Å². The second kappa shape index (κ2) is 10.1. The van der Waals surface area contributed by atoms with Gasteiger partial charge in [-0.05, 0) is 34.7 Å². The van der Waals surface area contributed by atoms with Crippen molar-refractivity contribution in [3.05, 3.63) is 58.7 Å². The second-order valence-electron chi connectivity index (χ2n) is 8.63. The zero-order valence-corrected chi connectivity index (χ0v) is 19.3. The number of carboxylic acids is 1. The van der Waals surface area contributed by atoms with Crippen molar-refractivity contribution < 1.29 is 32.9 Å². The van der Waals surface area contributed by atoms with Gasteiger partial charge in [0.2, 0.25) is 0 Å². The third kappa shape index (κ3) is 6.25. The number of rotatable bonds is 8. The number of hydrogen-bond donors (Lipinski definition) is 3. The summed E-state index contributed by atoms with van der Waals surface area (Å²) in [6, 6.07) is 5.78. The Hall–Kier alpha value is -2.62. The smallest absolute Gasteiger partial charge is 0.305 e. The monoisotopic (exact) mass is 477 g/mol. The van der Waals surface area contributed by atoms with Gasteiger partial charge in [-0.15, -0.1) is 0 Å². The van der Waals surface area contributed by atoms with Gasteiger partial charge in [0.15, 0.2) is 9.84 Å². The molecule has 0 unspecified atom stereocenters. The minimum absolute atomic E-state index is 0.0166. The molecule has 1 aromatic heterocycles. The highest BCUT2D eigenvalue weighted by atomic mass is 32.2. The molecule has 2 aromatic rings. The third-order valence-corrected chi connectivity index (χ3v) is 7.11. The van der Waals surface area contributed by atoms with Crippen LogP contribution in [0.3, 0.4) is 0 Å². The molecule has 2 atom stereocenters. The topological polar surface area (TPSA) is 125 Å². The Bertz CT molecular complexity index is 1160. The van der Waals surface area contributed by atoms with Crippen molar-refractivity contribution in [2.45, 2.75) is 57.0 Å². The Morgan fingerprint density at radius 3 is 2.48 bits per heavy atom. The molecule has 33 heavy (non-hydrogen) atoms. The molecule has 0 bridgehead atoms. The highest BCUT2D eigenvalue weighted by molar-refractivity contribution is 7.90. The number of aliphatic hydroxyl groups excluding tert-OH is 2. The van der Waals surface area contributed by atoms with Gasteiger partial charge in [0.05, 0.1) is 35.8 Å². The number of aliphatic hydroxyl groups is 2. The number of aryl methyl sites for hydroxylation is 1. The SMILES string of the molecule is CC(C)c1nc2c(c(-c3ccc(F)cc3)c1/C=C/[C@@H](O)C[C@@H](O)CC(=O)O)CS(=O)(=O)CC2. The van der Waals surface area contributed by atoms with E-state index in [0.29, 0.717) is 40.1 Å². The molecular formula is C24H28FNO6S. The molecule has 9 heteroatoms. The molecule has 178 valence electrons. The summed E-state index contributed by atoms with van der Waals surface area (Å²) in [4.78, 5) is 15.5. The summed E-state index contributed by atoms with van der Waals surface area (Å²) in [5.74, 6) is -1.77. The highest BCUT2D eigenvalue weighted by Crippen LogP contribution is 2.38. The van der Waals surface area contributed by atoms with Gasteiger partial charge in [-0.1, -0.05) is 38.1 Å². The fraction of sp³-hybridized carbons (Fsp3) is 0.417. The van der Waals surface area contributed by atoms with Crippen LogP contribution in [0.4, 0.5) is 4.39 Å². The number of aliphatic carboxylic acids is 1. The molecule has 0 saturated heterocycles. The van der Waals surface area contributed by atoms with E-state index in [-0.39, 0.29) is 23.8 Å². The minimum atomic E-state index is -3.32. The van der Waals surface area contributed by atoms with Crippen LogP contribution in [0, 0.1) is 5.82 Å². The fourth-order valence-corrected chi connectivity index (χ4v) is 5.42. The molecule has 3 N–H and O–H groups in total. The molecule has 1 aliphatic heterocycles. The van der Waals surface area contributed by atoms with Crippen LogP contribution < -0.4 is 0 Å². The summed E-state index contributed by atoms with van der Waals surface area (Å²) in [7, 11) is -3.32. The lowest BCUT2D eigenvalue weighted by Crippen LogP contribution is -2.23. The van der Waals surface area contributed by atoms with Gasteiger partial charge in [-0.2, -0.15) is 0 Å². The van der Waals surface area contributed by atoms with E-state index < -0.39 is 40.3 Å². The number of fused-ring (bicyclic) bond motifs is 1. The number of pyridine rings is 1. The molecule has 1 aromatic carbocycles. The van der Waals surface area contributed by atoms with E-state index in [2.05, 4.69) is 0 Å². The molecule has 2 heterocycles. The summed E-state index contributed by atoms with van der Waals surface area (Å²) in [6.45, 7) is 3.90. The van der Waals surface area contributed by atoms with Crippen LogP contribution in [-0.4, -0.2) is 52.7 Å². The van der Waals surface area contributed by atoms with E-state index in [4.69, 9.17) is 10.1 Å². The summed E-state index contributed by atoms with van der Waals surface area (Å²) in [5.41, 5.74) is 3.84. The lowest BCUT2D eigenvalue weighted by atomic mass is 9.88. The van der Waals surface area contributed by atoms with Crippen LogP contribution in [0.5, 0.6) is 0 Å². The van der Waals surface area contributed by atoms with Crippen LogP contribution in [0.25, 0.3) is 17.2 Å². The van der Waals surface area contributed by atoms with Crippen molar-refractivity contribution in [1.82, 2.24) is 4.98 Å². The number of carboxylic acid groups (broad SMARTS) is 1. The van der Waals surface area contributed by atoms with Gasteiger partial charge < -0.3 is 15.3 Å². The Balaban J connectivity index is 2.14. The first kappa shape index (κ1) is 25.0. The summed E-state index contributed by atoms with van der Waals surface area (Å²) >= 11 is 0. The molecule has 0 radical (unpaired) electrons. The third-order valence-electron chi connectivity index (χ3n) is 5.55. The number of aromatic nitrogens is 1. The van der Waals surface area contributed by atoms with Gasteiger partial charge in [-0.3, -0.25) is 9.78 Å². The van der Waals surface area contributed by atoms with Gasteiger partial charge in [0.25, 0.3) is 0 Å². The molecule has 0 aliphatic carbocycles. The van der Waals surface area contributed by atoms with Crippen LogP contribution >= 0.6 is 0 Å². The van der Waals surface area contributed by atoms with E-state index in [1.807, 2.05) is 13.8 Å². The van der Waals surface area contributed by atoms with Crippen LogP contribution in [0.2, 0.25) is 0 Å². The average Bonchev–Trinajstić information content (AvgIpc) is 2.70. The number of hydrogen-bond acceptors (Lipinski definition) is 6. The molecule has 0 spiro atoms.